The third kappa shape index (κ3) is 5.03. The number of hydrogen-bond donors (Lipinski definition) is 1. The lowest BCUT2D eigenvalue weighted by atomic mass is 10.2. The molecule has 1 saturated heterocycles. The van der Waals surface area contributed by atoms with Crippen LogP contribution in [0.25, 0.3) is 5.69 Å². The first-order chi connectivity index (χ1) is 15.5. The molecule has 0 radical (unpaired) electrons. The summed E-state index contributed by atoms with van der Waals surface area (Å²) in [4.78, 5) is 12.1. The zero-order chi connectivity index (χ0) is 22.5. The van der Waals surface area contributed by atoms with Gasteiger partial charge >= 0.3 is 5.97 Å². The number of aromatic nitrogens is 5. The molecule has 10 nitrogen and oxygen atoms in total. The summed E-state index contributed by atoms with van der Waals surface area (Å²) in [5.41, 5.74) is 1.73. The Morgan fingerprint density at radius 2 is 1.94 bits per heavy atom. The molecule has 1 N–H and O–H groups in total. The zero-order valence-electron chi connectivity index (χ0n) is 17.1. The fourth-order valence-electron chi connectivity index (χ4n) is 2.98. The molecule has 168 valence electrons. The molecule has 0 unspecified atom stereocenters. The molecule has 0 saturated carbocycles. The largest absolute Gasteiger partial charge is 0.470 e. The summed E-state index contributed by atoms with van der Waals surface area (Å²) >= 11 is 0. The van der Waals surface area contributed by atoms with Crippen LogP contribution in [-0.4, -0.2) is 57.0 Å². The summed E-state index contributed by atoms with van der Waals surface area (Å²) in [6.45, 7) is 3.31. The van der Waals surface area contributed by atoms with E-state index in [-0.39, 0.29) is 23.9 Å². The Morgan fingerprint density at radius 1 is 1.19 bits per heavy atom. The number of halogens is 2. The highest BCUT2D eigenvalue weighted by molar-refractivity contribution is 5.77. The van der Waals surface area contributed by atoms with Crippen molar-refractivity contribution in [3.8, 4) is 17.4 Å². The van der Waals surface area contributed by atoms with E-state index in [4.69, 9.17) is 14.2 Å². The zero-order valence-corrected chi connectivity index (χ0v) is 17.1. The SMILES string of the molecule is Cc1nnn(-c2ccc(C(F)F)cc2)c1COc1ccc(OC(=O)[C@@H]2CNCCO2)nn1. The van der Waals surface area contributed by atoms with Crippen molar-refractivity contribution >= 4 is 5.97 Å². The Morgan fingerprint density at radius 3 is 2.59 bits per heavy atom. The molecule has 12 heteroatoms. The molecule has 32 heavy (non-hydrogen) atoms. The monoisotopic (exact) mass is 446 g/mol. The molecular formula is C20H20F2N6O4. The van der Waals surface area contributed by atoms with E-state index in [2.05, 4.69) is 25.8 Å². The van der Waals surface area contributed by atoms with Gasteiger partial charge in [-0.25, -0.2) is 18.3 Å². The molecule has 3 aromatic rings. The van der Waals surface area contributed by atoms with E-state index >= 15 is 0 Å². The van der Waals surface area contributed by atoms with Gasteiger partial charge in [-0.2, -0.15) is 0 Å². The van der Waals surface area contributed by atoms with Crippen LogP contribution in [0.4, 0.5) is 8.78 Å². The number of nitrogens with one attached hydrogen (secondary N) is 1. The molecule has 3 heterocycles. The Kier molecular flexibility index (Phi) is 6.61. The van der Waals surface area contributed by atoms with Crippen molar-refractivity contribution in [1.82, 2.24) is 30.5 Å². The molecule has 0 aliphatic carbocycles. The minimum Gasteiger partial charge on any atom is -0.470 e. The second-order valence-corrected chi connectivity index (χ2v) is 6.91. The van der Waals surface area contributed by atoms with Gasteiger partial charge in [-0.1, -0.05) is 17.3 Å². The van der Waals surface area contributed by atoms with Crippen LogP contribution in [0.1, 0.15) is 23.4 Å². The van der Waals surface area contributed by atoms with E-state index in [1.54, 1.807) is 6.92 Å². The highest BCUT2D eigenvalue weighted by Crippen LogP contribution is 2.21. The van der Waals surface area contributed by atoms with Crippen LogP contribution in [0.15, 0.2) is 36.4 Å². The quantitative estimate of drug-likeness (QED) is 0.543. The van der Waals surface area contributed by atoms with Gasteiger partial charge in [0.05, 0.1) is 18.0 Å². The number of nitrogens with zero attached hydrogens (tertiary/aromatic N) is 5. The summed E-state index contributed by atoms with van der Waals surface area (Å²) in [7, 11) is 0. The van der Waals surface area contributed by atoms with Crippen molar-refractivity contribution in [3.05, 3.63) is 53.3 Å². The molecule has 1 aliphatic rings. The average Bonchev–Trinajstić information content (AvgIpc) is 3.19. The van der Waals surface area contributed by atoms with Crippen LogP contribution in [0.2, 0.25) is 0 Å². The minimum atomic E-state index is -2.54. The number of morpholine rings is 1. The fraction of sp³-hybridized carbons (Fsp3) is 0.350. The maximum atomic E-state index is 12.8. The van der Waals surface area contributed by atoms with E-state index in [9.17, 15) is 13.6 Å². The molecule has 1 atom stereocenters. The summed E-state index contributed by atoms with van der Waals surface area (Å²) < 4.78 is 43.2. The van der Waals surface area contributed by atoms with Crippen LogP contribution < -0.4 is 14.8 Å². The number of aryl methyl sites for hydroxylation is 1. The molecule has 4 rings (SSSR count). The summed E-state index contributed by atoms with van der Waals surface area (Å²) in [6.07, 6.45) is -3.23. The van der Waals surface area contributed by atoms with Crippen molar-refractivity contribution in [2.45, 2.75) is 26.1 Å². The summed E-state index contributed by atoms with van der Waals surface area (Å²) in [5.74, 6) is -0.331. The number of hydrogen-bond acceptors (Lipinski definition) is 9. The molecule has 0 bridgehead atoms. The number of ether oxygens (including phenoxy) is 3. The maximum Gasteiger partial charge on any atom is 0.343 e. The van der Waals surface area contributed by atoms with Crippen molar-refractivity contribution < 1.29 is 27.8 Å². The highest BCUT2D eigenvalue weighted by atomic mass is 19.3. The minimum absolute atomic E-state index is 0.0264. The molecule has 1 aromatic carbocycles. The van der Waals surface area contributed by atoms with Crippen LogP contribution in [-0.2, 0) is 16.1 Å². The predicted molar refractivity (Wildman–Crippen MR) is 106 cm³/mol. The Labute approximate surface area is 181 Å². The number of carbonyl (C=O) groups excluding carboxylic acids is 1. The van der Waals surface area contributed by atoms with Gasteiger partial charge in [-0.15, -0.1) is 15.3 Å². The lowest BCUT2D eigenvalue weighted by Crippen LogP contribution is -2.44. The number of carbonyl (C=O) groups is 1. The highest BCUT2D eigenvalue weighted by Gasteiger charge is 2.24. The van der Waals surface area contributed by atoms with Crippen LogP contribution in [0, 0.1) is 6.92 Å². The van der Waals surface area contributed by atoms with Crippen molar-refractivity contribution in [2.75, 3.05) is 19.7 Å². The first-order valence-corrected chi connectivity index (χ1v) is 9.81. The molecule has 1 fully saturated rings. The fourth-order valence-corrected chi connectivity index (χ4v) is 2.98. The summed E-state index contributed by atoms with van der Waals surface area (Å²) in [5, 5.41) is 18.9. The van der Waals surface area contributed by atoms with Gasteiger partial charge in [0.2, 0.25) is 11.8 Å². The van der Waals surface area contributed by atoms with Gasteiger partial charge in [-0.05, 0) is 19.1 Å². The van der Waals surface area contributed by atoms with Crippen LogP contribution in [0.3, 0.4) is 0 Å². The number of rotatable bonds is 7. The number of benzene rings is 1. The molecule has 1 aliphatic heterocycles. The molecule has 0 amide bonds. The van der Waals surface area contributed by atoms with E-state index in [0.717, 1.165) is 0 Å². The van der Waals surface area contributed by atoms with Gasteiger partial charge in [0.25, 0.3) is 6.43 Å². The van der Waals surface area contributed by atoms with Gasteiger partial charge in [0.1, 0.15) is 12.3 Å². The third-order valence-corrected chi connectivity index (χ3v) is 4.72. The average molecular weight is 446 g/mol. The first kappa shape index (κ1) is 21.7. The molecule has 2 aromatic heterocycles. The van der Waals surface area contributed by atoms with E-state index < -0.39 is 18.5 Å². The topological polar surface area (TPSA) is 113 Å². The van der Waals surface area contributed by atoms with Crippen molar-refractivity contribution in [1.29, 1.82) is 0 Å². The maximum absolute atomic E-state index is 12.8. The van der Waals surface area contributed by atoms with Gasteiger partial charge in [0.15, 0.2) is 6.10 Å². The molecule has 0 spiro atoms. The van der Waals surface area contributed by atoms with Gasteiger partial charge < -0.3 is 19.5 Å². The number of alkyl halides is 2. The second kappa shape index (κ2) is 9.75. The van der Waals surface area contributed by atoms with E-state index in [0.29, 0.717) is 36.8 Å². The second-order valence-electron chi connectivity index (χ2n) is 6.91. The summed E-state index contributed by atoms with van der Waals surface area (Å²) in [6, 6.07) is 8.71. The van der Waals surface area contributed by atoms with Crippen molar-refractivity contribution in [2.24, 2.45) is 0 Å². The number of esters is 1. The Hall–Kier alpha value is -3.51. The van der Waals surface area contributed by atoms with Gasteiger partial charge in [0, 0.05) is 30.8 Å². The normalized spacial score (nSPS) is 16.2. The van der Waals surface area contributed by atoms with Gasteiger partial charge in [-0.3, -0.25) is 0 Å². The first-order valence-electron chi connectivity index (χ1n) is 9.81. The third-order valence-electron chi connectivity index (χ3n) is 4.72. The standard InChI is InChI=1S/C20H20F2N6O4/c1-12-15(28(27-24-12)14-4-2-13(3-5-14)19(21)22)11-31-17-6-7-18(26-25-17)32-20(29)16-10-23-8-9-30-16/h2-7,16,19,23H,8-11H2,1H3/t16-/m0/s1. The Balaban J connectivity index is 1.38. The lowest BCUT2D eigenvalue weighted by molar-refractivity contribution is -0.149. The van der Waals surface area contributed by atoms with Crippen molar-refractivity contribution in [3.63, 3.8) is 0 Å². The van der Waals surface area contributed by atoms with Crippen LogP contribution >= 0.6 is 0 Å². The smallest absolute Gasteiger partial charge is 0.343 e. The predicted octanol–water partition coefficient (Wildman–Crippen LogP) is 1.78. The molecular weight excluding hydrogens is 426 g/mol. The van der Waals surface area contributed by atoms with E-state index in [1.807, 2.05) is 0 Å². The lowest BCUT2D eigenvalue weighted by Gasteiger charge is -2.21. The van der Waals surface area contributed by atoms with E-state index in [1.165, 1.54) is 41.1 Å². The van der Waals surface area contributed by atoms with Crippen LogP contribution in [0.5, 0.6) is 11.8 Å². The Bertz CT molecular complexity index is 1050.